The second kappa shape index (κ2) is 4.74. The Morgan fingerprint density at radius 1 is 1.36 bits per heavy atom. The largest absolute Gasteiger partial charge is 0.244 e. The fourth-order valence-corrected chi connectivity index (χ4v) is 1.47. The fraction of sp³-hybridized carbons (Fsp3) is 1.00. The summed E-state index contributed by atoms with van der Waals surface area (Å²) in [5.74, 6) is 0.537. The first-order chi connectivity index (χ1) is 5.02. The van der Waals surface area contributed by atoms with Crippen LogP contribution in [0.3, 0.4) is 0 Å². The van der Waals surface area contributed by atoms with Crippen molar-refractivity contribution in [2.45, 2.75) is 59.0 Å². The van der Waals surface area contributed by atoms with Crippen molar-refractivity contribution in [2.24, 2.45) is 5.92 Å². The van der Waals surface area contributed by atoms with E-state index in [4.69, 9.17) is 0 Å². The predicted molar refractivity (Wildman–Crippen MR) is 48.5 cm³/mol. The Labute approximate surface area is 70.2 Å². The lowest BCUT2D eigenvalue weighted by molar-refractivity contribution is 0.141. The van der Waals surface area contributed by atoms with Crippen LogP contribution in [0.25, 0.3) is 0 Å². The molecule has 11 heavy (non-hydrogen) atoms. The zero-order valence-corrected chi connectivity index (χ0v) is 8.28. The molecule has 1 heteroatoms. The van der Waals surface area contributed by atoms with Crippen LogP contribution in [0.5, 0.6) is 0 Å². The number of alkyl halides is 1. The molecule has 0 amide bonds. The monoisotopic (exact) mass is 160 g/mol. The molecule has 0 aromatic carbocycles. The van der Waals surface area contributed by atoms with E-state index < -0.39 is 5.67 Å². The van der Waals surface area contributed by atoms with E-state index in [2.05, 4.69) is 13.8 Å². The maximum atomic E-state index is 13.4. The molecule has 0 radical (unpaired) electrons. The number of hydrogen-bond acceptors (Lipinski definition) is 0. The second-order valence-corrected chi connectivity index (χ2v) is 3.86. The van der Waals surface area contributed by atoms with Crippen LogP contribution in [0.4, 0.5) is 4.39 Å². The summed E-state index contributed by atoms with van der Waals surface area (Å²) in [4.78, 5) is 0. The molecule has 0 aromatic heterocycles. The Kier molecular flexibility index (Phi) is 4.71. The summed E-state index contributed by atoms with van der Waals surface area (Å²) in [7, 11) is 0. The van der Waals surface area contributed by atoms with E-state index in [1.54, 1.807) is 6.92 Å². The molecule has 0 bridgehead atoms. The zero-order chi connectivity index (χ0) is 8.91. The summed E-state index contributed by atoms with van der Waals surface area (Å²) >= 11 is 0. The molecule has 0 rings (SSSR count). The Bertz CT molecular complexity index is 97.0. The topological polar surface area (TPSA) is 0 Å². The Morgan fingerprint density at radius 2 is 1.91 bits per heavy atom. The average molecular weight is 160 g/mol. The van der Waals surface area contributed by atoms with Crippen LogP contribution in [0.15, 0.2) is 0 Å². The van der Waals surface area contributed by atoms with Gasteiger partial charge in [-0.15, -0.1) is 0 Å². The molecule has 0 aliphatic heterocycles. The molecule has 0 aliphatic rings. The molecule has 0 fully saturated rings. The van der Waals surface area contributed by atoms with E-state index in [0.717, 1.165) is 12.8 Å². The van der Waals surface area contributed by atoms with Crippen LogP contribution in [-0.2, 0) is 0 Å². The third-order valence-corrected chi connectivity index (χ3v) is 2.29. The maximum Gasteiger partial charge on any atom is 0.108 e. The lowest BCUT2D eigenvalue weighted by Gasteiger charge is -2.22. The summed E-state index contributed by atoms with van der Waals surface area (Å²) in [6, 6.07) is 0. The van der Waals surface area contributed by atoms with Crippen LogP contribution >= 0.6 is 0 Å². The smallest absolute Gasteiger partial charge is 0.108 e. The number of rotatable bonds is 5. The highest BCUT2D eigenvalue weighted by Gasteiger charge is 2.22. The SMILES string of the molecule is CCCC(C)CC(C)(F)CC. The first kappa shape index (κ1) is 10.9. The van der Waals surface area contributed by atoms with E-state index in [1.165, 1.54) is 6.42 Å². The van der Waals surface area contributed by atoms with Crippen molar-refractivity contribution in [1.82, 2.24) is 0 Å². The molecule has 0 aromatic rings. The Hall–Kier alpha value is -0.0700. The van der Waals surface area contributed by atoms with Gasteiger partial charge in [-0.2, -0.15) is 0 Å². The van der Waals surface area contributed by atoms with Gasteiger partial charge in [-0.1, -0.05) is 33.6 Å². The Balaban J connectivity index is 3.64. The highest BCUT2D eigenvalue weighted by molar-refractivity contribution is 4.73. The molecule has 2 atom stereocenters. The van der Waals surface area contributed by atoms with E-state index in [9.17, 15) is 4.39 Å². The third kappa shape index (κ3) is 5.23. The summed E-state index contributed by atoms with van der Waals surface area (Å²) in [5.41, 5.74) is -0.936. The molecule has 0 saturated heterocycles. The van der Waals surface area contributed by atoms with Gasteiger partial charge < -0.3 is 0 Å². The van der Waals surface area contributed by atoms with Gasteiger partial charge >= 0.3 is 0 Å². The summed E-state index contributed by atoms with van der Waals surface area (Å²) in [6.45, 7) is 7.91. The first-order valence-electron chi connectivity index (χ1n) is 4.70. The van der Waals surface area contributed by atoms with Gasteiger partial charge in [0.15, 0.2) is 0 Å². The predicted octanol–water partition coefficient (Wildman–Crippen LogP) is 3.95. The molecule has 0 saturated carbocycles. The van der Waals surface area contributed by atoms with Gasteiger partial charge in [-0.3, -0.25) is 0 Å². The molecule has 0 N–H and O–H groups in total. The molecule has 0 spiro atoms. The van der Waals surface area contributed by atoms with Crippen LogP contribution in [-0.4, -0.2) is 5.67 Å². The Morgan fingerprint density at radius 3 is 2.27 bits per heavy atom. The van der Waals surface area contributed by atoms with E-state index in [-0.39, 0.29) is 0 Å². The third-order valence-electron chi connectivity index (χ3n) is 2.29. The van der Waals surface area contributed by atoms with Crippen LogP contribution in [0.1, 0.15) is 53.4 Å². The van der Waals surface area contributed by atoms with Crippen molar-refractivity contribution < 1.29 is 4.39 Å². The minimum Gasteiger partial charge on any atom is -0.244 e. The van der Waals surface area contributed by atoms with Gasteiger partial charge in [-0.25, -0.2) is 4.39 Å². The second-order valence-electron chi connectivity index (χ2n) is 3.86. The van der Waals surface area contributed by atoms with Gasteiger partial charge in [0, 0.05) is 0 Å². The molecular weight excluding hydrogens is 139 g/mol. The normalized spacial score (nSPS) is 19.4. The summed E-state index contributed by atoms with van der Waals surface area (Å²) in [6.07, 6.45) is 3.68. The molecular formula is C10H21F. The molecule has 0 heterocycles. The van der Waals surface area contributed by atoms with Crippen molar-refractivity contribution in [1.29, 1.82) is 0 Å². The number of halogens is 1. The minimum atomic E-state index is -0.936. The van der Waals surface area contributed by atoms with Crippen molar-refractivity contribution in [2.75, 3.05) is 0 Å². The lowest BCUT2D eigenvalue weighted by atomic mass is 9.90. The minimum absolute atomic E-state index is 0.537. The van der Waals surface area contributed by atoms with Crippen molar-refractivity contribution in [3.05, 3.63) is 0 Å². The lowest BCUT2D eigenvalue weighted by Crippen LogP contribution is -2.19. The first-order valence-corrected chi connectivity index (χ1v) is 4.70. The van der Waals surface area contributed by atoms with Gasteiger partial charge in [0.25, 0.3) is 0 Å². The molecule has 0 aliphatic carbocycles. The number of hydrogen-bond donors (Lipinski definition) is 0. The average Bonchev–Trinajstić information content (AvgIpc) is 1.87. The molecule has 2 unspecified atom stereocenters. The maximum absolute atomic E-state index is 13.4. The highest BCUT2D eigenvalue weighted by atomic mass is 19.1. The quantitative estimate of drug-likeness (QED) is 0.571. The van der Waals surface area contributed by atoms with Crippen molar-refractivity contribution in [3.63, 3.8) is 0 Å². The van der Waals surface area contributed by atoms with E-state index in [0.29, 0.717) is 12.3 Å². The van der Waals surface area contributed by atoms with Crippen molar-refractivity contribution in [3.8, 4) is 0 Å². The van der Waals surface area contributed by atoms with Gasteiger partial charge in [-0.05, 0) is 25.7 Å². The van der Waals surface area contributed by atoms with E-state index in [1.807, 2.05) is 6.92 Å². The van der Waals surface area contributed by atoms with E-state index >= 15 is 0 Å². The van der Waals surface area contributed by atoms with Crippen LogP contribution in [0.2, 0.25) is 0 Å². The molecule has 0 nitrogen and oxygen atoms in total. The van der Waals surface area contributed by atoms with Crippen LogP contribution < -0.4 is 0 Å². The van der Waals surface area contributed by atoms with Crippen molar-refractivity contribution >= 4 is 0 Å². The van der Waals surface area contributed by atoms with Crippen LogP contribution in [0, 0.1) is 5.92 Å². The highest BCUT2D eigenvalue weighted by Crippen LogP contribution is 2.26. The standard InChI is InChI=1S/C10H21F/c1-5-7-9(3)8-10(4,11)6-2/h9H,5-8H2,1-4H3. The summed E-state index contributed by atoms with van der Waals surface area (Å²) < 4.78 is 13.4. The summed E-state index contributed by atoms with van der Waals surface area (Å²) in [5, 5.41) is 0. The zero-order valence-electron chi connectivity index (χ0n) is 8.28. The van der Waals surface area contributed by atoms with Gasteiger partial charge in [0.2, 0.25) is 0 Å². The molecule has 68 valence electrons. The fourth-order valence-electron chi connectivity index (χ4n) is 1.47. The van der Waals surface area contributed by atoms with Gasteiger partial charge in [0.1, 0.15) is 5.67 Å². The van der Waals surface area contributed by atoms with Gasteiger partial charge in [0.05, 0.1) is 0 Å².